The summed E-state index contributed by atoms with van der Waals surface area (Å²) in [6, 6.07) is 5.41. The number of fused-ring (bicyclic) bond motifs is 4. The van der Waals surface area contributed by atoms with E-state index in [9.17, 15) is 14.4 Å². The predicted molar refractivity (Wildman–Crippen MR) is 156 cm³/mol. The highest BCUT2D eigenvalue weighted by Crippen LogP contribution is 2.42. The molecule has 7 heterocycles. The van der Waals surface area contributed by atoms with Gasteiger partial charge < -0.3 is 24.2 Å². The molecule has 6 aliphatic rings. The first-order chi connectivity index (χ1) is 20.9. The number of piperazine rings is 1. The minimum Gasteiger partial charge on any atom is -0.489 e. The van der Waals surface area contributed by atoms with Crippen LogP contribution in [0, 0.1) is 5.92 Å². The number of benzene rings is 1. The van der Waals surface area contributed by atoms with Crippen molar-refractivity contribution in [2.45, 2.75) is 56.3 Å². The molecule has 3 atom stereocenters. The van der Waals surface area contributed by atoms with Crippen molar-refractivity contribution in [3.05, 3.63) is 41.7 Å². The van der Waals surface area contributed by atoms with Crippen LogP contribution in [0.5, 0.6) is 5.75 Å². The summed E-state index contributed by atoms with van der Waals surface area (Å²) in [4.78, 5) is 55.0. The molecule has 4 fully saturated rings. The fraction of sp³-hybridized carbons (Fsp3) is 0.581. The summed E-state index contributed by atoms with van der Waals surface area (Å²) in [6.07, 6.45) is 7.33. The van der Waals surface area contributed by atoms with Crippen molar-refractivity contribution in [1.82, 2.24) is 25.1 Å². The minimum absolute atomic E-state index is 0.0236. The largest absolute Gasteiger partial charge is 0.489 e. The Morgan fingerprint density at radius 2 is 1.84 bits per heavy atom. The van der Waals surface area contributed by atoms with Gasteiger partial charge in [0.1, 0.15) is 18.4 Å². The molecule has 226 valence electrons. The van der Waals surface area contributed by atoms with Crippen LogP contribution in [0.2, 0.25) is 0 Å². The summed E-state index contributed by atoms with van der Waals surface area (Å²) in [5.41, 5.74) is 2.52. The van der Waals surface area contributed by atoms with Gasteiger partial charge in [0.15, 0.2) is 0 Å². The van der Waals surface area contributed by atoms with Crippen molar-refractivity contribution < 1.29 is 23.9 Å². The number of ether oxygens (including phenoxy) is 2. The van der Waals surface area contributed by atoms with Gasteiger partial charge in [-0.2, -0.15) is 0 Å². The zero-order valence-electron chi connectivity index (χ0n) is 24.2. The first-order valence-corrected chi connectivity index (χ1v) is 15.5. The number of rotatable bonds is 4. The Hall–Kier alpha value is -3.77. The third-order valence-electron chi connectivity index (χ3n) is 10.2. The van der Waals surface area contributed by atoms with Crippen molar-refractivity contribution in [1.29, 1.82) is 0 Å². The van der Waals surface area contributed by atoms with Gasteiger partial charge in [0.2, 0.25) is 17.8 Å². The van der Waals surface area contributed by atoms with E-state index >= 15 is 0 Å². The van der Waals surface area contributed by atoms with Crippen molar-refractivity contribution in [3.63, 3.8) is 0 Å². The number of hydrogen-bond acceptors (Lipinski definition) is 10. The van der Waals surface area contributed by atoms with Crippen LogP contribution in [0.4, 0.5) is 11.6 Å². The maximum Gasteiger partial charge on any atom is 0.255 e. The fourth-order valence-corrected chi connectivity index (χ4v) is 7.99. The minimum atomic E-state index is -0.615. The highest BCUT2D eigenvalue weighted by atomic mass is 16.5. The molecule has 1 unspecified atom stereocenters. The van der Waals surface area contributed by atoms with Gasteiger partial charge >= 0.3 is 0 Å². The predicted octanol–water partition coefficient (Wildman–Crippen LogP) is 1.20. The molecule has 12 heteroatoms. The molecule has 4 saturated heterocycles. The van der Waals surface area contributed by atoms with Crippen molar-refractivity contribution >= 4 is 29.4 Å². The zero-order chi connectivity index (χ0) is 29.1. The molecule has 0 radical (unpaired) electrons. The van der Waals surface area contributed by atoms with E-state index in [1.54, 1.807) is 17.3 Å². The van der Waals surface area contributed by atoms with Crippen LogP contribution >= 0.6 is 0 Å². The maximum absolute atomic E-state index is 13.3. The number of imide groups is 1. The molecule has 1 aromatic carbocycles. The van der Waals surface area contributed by atoms with E-state index in [2.05, 4.69) is 36.1 Å². The van der Waals surface area contributed by atoms with E-state index in [-0.39, 0.29) is 35.8 Å². The topological polar surface area (TPSA) is 120 Å². The fourth-order valence-electron chi connectivity index (χ4n) is 7.99. The molecule has 1 aromatic heterocycles. The van der Waals surface area contributed by atoms with Crippen molar-refractivity contribution in [2.24, 2.45) is 5.92 Å². The van der Waals surface area contributed by atoms with E-state index in [0.717, 1.165) is 88.1 Å². The summed E-state index contributed by atoms with van der Waals surface area (Å²) in [7, 11) is 0. The Bertz CT molecular complexity index is 1450. The van der Waals surface area contributed by atoms with Gasteiger partial charge in [-0.15, -0.1) is 0 Å². The van der Waals surface area contributed by atoms with Crippen LogP contribution in [0.3, 0.4) is 0 Å². The quantitative estimate of drug-likeness (QED) is 0.523. The number of carbonyl (C=O) groups excluding carboxylic acids is 3. The average molecular weight is 588 g/mol. The third-order valence-corrected chi connectivity index (χ3v) is 10.2. The van der Waals surface area contributed by atoms with E-state index in [1.165, 1.54) is 0 Å². The number of carbonyl (C=O) groups is 3. The highest BCUT2D eigenvalue weighted by Gasteiger charge is 2.45. The average Bonchev–Trinajstić information content (AvgIpc) is 3.56. The molecule has 2 aromatic rings. The van der Waals surface area contributed by atoms with Crippen LogP contribution in [0.25, 0.3) is 0 Å². The number of nitrogens with one attached hydrogen (secondary N) is 1. The van der Waals surface area contributed by atoms with Crippen LogP contribution in [-0.4, -0.2) is 108 Å². The molecule has 43 heavy (non-hydrogen) atoms. The Balaban J connectivity index is 0.884. The second-order valence-electron chi connectivity index (χ2n) is 12.9. The lowest BCUT2D eigenvalue weighted by Crippen LogP contribution is -2.58. The smallest absolute Gasteiger partial charge is 0.255 e. The molecule has 8 rings (SSSR count). The molecule has 6 aliphatic heterocycles. The summed E-state index contributed by atoms with van der Waals surface area (Å²) in [6.45, 7) is 7.45. The molecular formula is C31H37N7O5. The van der Waals surface area contributed by atoms with Gasteiger partial charge in [-0.3, -0.25) is 24.6 Å². The Morgan fingerprint density at radius 3 is 2.65 bits per heavy atom. The lowest BCUT2D eigenvalue weighted by atomic mass is 9.85. The van der Waals surface area contributed by atoms with Gasteiger partial charge in [0.05, 0.1) is 23.9 Å². The van der Waals surface area contributed by atoms with Crippen LogP contribution in [-0.2, 0) is 20.9 Å². The summed E-state index contributed by atoms with van der Waals surface area (Å²) in [5, 5.41) is 2.38. The molecule has 0 aliphatic carbocycles. The molecule has 3 amide bonds. The molecule has 0 bridgehead atoms. The van der Waals surface area contributed by atoms with Gasteiger partial charge in [-0.25, -0.2) is 9.97 Å². The molecule has 12 nitrogen and oxygen atoms in total. The van der Waals surface area contributed by atoms with Gasteiger partial charge in [-0.05, 0) is 55.4 Å². The van der Waals surface area contributed by atoms with Crippen molar-refractivity contribution in [3.8, 4) is 5.75 Å². The van der Waals surface area contributed by atoms with Crippen LogP contribution in [0.1, 0.15) is 48.0 Å². The molecular weight excluding hydrogens is 550 g/mol. The summed E-state index contributed by atoms with van der Waals surface area (Å²) in [5.74, 6) is 1.23. The number of piperidine rings is 2. The second kappa shape index (κ2) is 10.4. The van der Waals surface area contributed by atoms with E-state index in [1.807, 2.05) is 12.1 Å². The number of anilines is 2. The van der Waals surface area contributed by atoms with E-state index in [0.29, 0.717) is 31.1 Å². The van der Waals surface area contributed by atoms with Gasteiger partial charge in [0.25, 0.3) is 5.91 Å². The number of aromatic nitrogens is 2. The summed E-state index contributed by atoms with van der Waals surface area (Å²) < 4.78 is 12.7. The number of hydrogen-bond donors (Lipinski definition) is 1. The van der Waals surface area contributed by atoms with Crippen LogP contribution < -0.4 is 19.9 Å². The first-order valence-electron chi connectivity index (χ1n) is 15.5. The maximum atomic E-state index is 13.3. The Kier molecular flexibility index (Phi) is 6.52. The van der Waals surface area contributed by atoms with E-state index in [4.69, 9.17) is 9.47 Å². The van der Waals surface area contributed by atoms with E-state index < -0.39 is 6.04 Å². The Labute approximate surface area is 250 Å². The van der Waals surface area contributed by atoms with Crippen LogP contribution in [0.15, 0.2) is 30.6 Å². The molecule has 1 N–H and O–H groups in total. The standard InChI is InChI=1S/C31H37N7O5/c39-27-3-2-24(28(40)34-27)38-16-21-12-25-26(13-23(21)29(38)41)42-19-22-17-35(10-11-37(22)25)15-20-14-31(43-18-20)4-8-36(9-5-31)30-32-6-1-7-33-30/h1,6-7,12-13,20,22,24H,2-5,8-11,14-19H2,(H,34,39,40)/t20-,22+,24?/m0/s1. The second-order valence-corrected chi connectivity index (χ2v) is 12.9. The molecule has 1 spiro atoms. The van der Waals surface area contributed by atoms with Gasteiger partial charge in [0, 0.05) is 70.2 Å². The normalized spacial score (nSPS) is 28.4. The van der Waals surface area contributed by atoms with Crippen molar-refractivity contribution in [2.75, 3.05) is 62.3 Å². The summed E-state index contributed by atoms with van der Waals surface area (Å²) >= 11 is 0. The number of amides is 3. The monoisotopic (exact) mass is 587 g/mol. The zero-order valence-corrected chi connectivity index (χ0v) is 24.2. The lowest BCUT2D eigenvalue weighted by molar-refractivity contribution is -0.136. The first kappa shape index (κ1) is 26.8. The Morgan fingerprint density at radius 1 is 1.00 bits per heavy atom. The third kappa shape index (κ3) is 4.80. The molecule has 0 saturated carbocycles. The van der Waals surface area contributed by atoms with Gasteiger partial charge in [-0.1, -0.05) is 0 Å². The highest BCUT2D eigenvalue weighted by molar-refractivity contribution is 6.05. The SMILES string of the molecule is O=C1CCC(N2Cc3cc4c(cc3C2=O)OC[C@H]2CN(C[C@H]3COC5(CCN(c6ncccn6)CC5)C3)CCN42)C(=O)N1. The lowest BCUT2D eigenvalue weighted by Gasteiger charge is -2.46. The number of nitrogens with zero attached hydrogens (tertiary/aromatic N) is 6.